The molecule has 2 rings (SSSR count). The van der Waals surface area contributed by atoms with Gasteiger partial charge < -0.3 is 10.1 Å². The number of fused-ring (bicyclic) bond motifs is 1. The number of carbonyl (C=O) groups is 1. The molecule has 3 heteroatoms. The topological polar surface area (TPSA) is 38.3 Å². The highest BCUT2D eigenvalue weighted by Crippen LogP contribution is 2.21. The van der Waals surface area contributed by atoms with Crippen molar-refractivity contribution in [2.75, 3.05) is 19.7 Å². The van der Waals surface area contributed by atoms with Gasteiger partial charge in [-0.25, -0.2) is 0 Å². The lowest BCUT2D eigenvalue weighted by atomic mass is 9.88. The third kappa shape index (κ3) is 1.30. The molecule has 1 N–H and O–H groups in total. The van der Waals surface area contributed by atoms with E-state index < -0.39 is 0 Å². The zero-order valence-electron chi connectivity index (χ0n) is 6.51. The van der Waals surface area contributed by atoms with Gasteiger partial charge in [0.25, 0.3) is 0 Å². The first kappa shape index (κ1) is 7.25. The molecule has 2 saturated heterocycles. The van der Waals surface area contributed by atoms with Gasteiger partial charge in [-0.3, -0.25) is 4.79 Å². The molecule has 0 aromatic heterocycles. The van der Waals surface area contributed by atoms with Gasteiger partial charge in [0, 0.05) is 13.0 Å². The fourth-order valence-corrected chi connectivity index (χ4v) is 1.85. The van der Waals surface area contributed by atoms with Crippen LogP contribution in [0.15, 0.2) is 0 Å². The predicted molar refractivity (Wildman–Crippen MR) is 40.3 cm³/mol. The maximum atomic E-state index is 11.3. The van der Waals surface area contributed by atoms with Gasteiger partial charge in [-0.1, -0.05) is 0 Å². The molecule has 3 nitrogen and oxygen atoms in total. The number of piperidine rings is 1. The van der Waals surface area contributed by atoms with Crippen molar-refractivity contribution in [2.24, 2.45) is 5.92 Å². The Morgan fingerprint density at radius 2 is 2.45 bits per heavy atom. The summed E-state index contributed by atoms with van der Waals surface area (Å²) in [5, 5.41) is 3.21. The summed E-state index contributed by atoms with van der Waals surface area (Å²) in [7, 11) is 0. The van der Waals surface area contributed by atoms with Crippen LogP contribution in [0.3, 0.4) is 0 Å². The number of rotatable bonds is 0. The number of ketones is 1. The van der Waals surface area contributed by atoms with Gasteiger partial charge in [-0.2, -0.15) is 0 Å². The van der Waals surface area contributed by atoms with Gasteiger partial charge in [0.15, 0.2) is 0 Å². The molecule has 0 bridgehead atoms. The van der Waals surface area contributed by atoms with Crippen molar-refractivity contribution in [3.63, 3.8) is 0 Å². The summed E-state index contributed by atoms with van der Waals surface area (Å²) in [6, 6.07) is 0. The minimum atomic E-state index is 0.150. The Hall–Kier alpha value is -0.410. The summed E-state index contributed by atoms with van der Waals surface area (Å²) >= 11 is 0. The zero-order chi connectivity index (χ0) is 7.68. The summed E-state index contributed by atoms with van der Waals surface area (Å²) in [4.78, 5) is 11.3. The second-order valence-corrected chi connectivity index (χ2v) is 3.22. The SMILES string of the molecule is O=C1CCOC2CCNCC12. The second kappa shape index (κ2) is 2.91. The fourth-order valence-electron chi connectivity index (χ4n) is 1.85. The van der Waals surface area contributed by atoms with E-state index in [4.69, 9.17) is 4.74 Å². The van der Waals surface area contributed by atoms with E-state index in [2.05, 4.69) is 5.32 Å². The Kier molecular flexibility index (Phi) is 1.92. The van der Waals surface area contributed by atoms with E-state index in [1.807, 2.05) is 0 Å². The molecule has 0 spiro atoms. The van der Waals surface area contributed by atoms with E-state index in [1.54, 1.807) is 0 Å². The molecule has 62 valence electrons. The average molecular weight is 155 g/mol. The van der Waals surface area contributed by atoms with Crippen LogP contribution in [-0.4, -0.2) is 31.6 Å². The Morgan fingerprint density at radius 1 is 1.55 bits per heavy atom. The first-order chi connectivity index (χ1) is 5.38. The third-order valence-corrected chi connectivity index (χ3v) is 2.51. The maximum absolute atomic E-state index is 11.3. The molecule has 0 radical (unpaired) electrons. The number of ether oxygens (including phenoxy) is 1. The van der Waals surface area contributed by atoms with Gasteiger partial charge in [0.05, 0.1) is 18.6 Å². The minimum absolute atomic E-state index is 0.150. The normalized spacial score (nSPS) is 38.4. The van der Waals surface area contributed by atoms with Crippen LogP contribution in [0.4, 0.5) is 0 Å². The number of nitrogens with one attached hydrogen (secondary N) is 1. The van der Waals surface area contributed by atoms with Crippen molar-refractivity contribution in [3.8, 4) is 0 Å². The lowest BCUT2D eigenvalue weighted by Crippen LogP contribution is -2.48. The standard InChI is InChI=1S/C8H13NO2/c10-7-2-4-11-8-1-3-9-5-6(7)8/h6,8-9H,1-5H2. The molecule has 0 aliphatic carbocycles. The molecule has 0 amide bonds. The molecule has 2 fully saturated rings. The Labute approximate surface area is 66.1 Å². The van der Waals surface area contributed by atoms with Gasteiger partial charge in [0.2, 0.25) is 0 Å². The predicted octanol–water partition coefficient (Wildman–Crippen LogP) is -0.0461. The molecule has 2 aliphatic heterocycles. The highest BCUT2D eigenvalue weighted by molar-refractivity contribution is 5.82. The number of hydrogen-bond donors (Lipinski definition) is 1. The van der Waals surface area contributed by atoms with Gasteiger partial charge in [0.1, 0.15) is 5.78 Å². The average Bonchev–Trinajstić information content (AvgIpc) is 2.06. The maximum Gasteiger partial charge on any atom is 0.142 e. The van der Waals surface area contributed by atoms with Crippen molar-refractivity contribution in [1.29, 1.82) is 0 Å². The van der Waals surface area contributed by atoms with Gasteiger partial charge >= 0.3 is 0 Å². The van der Waals surface area contributed by atoms with Crippen LogP contribution in [-0.2, 0) is 9.53 Å². The first-order valence-electron chi connectivity index (χ1n) is 4.23. The smallest absolute Gasteiger partial charge is 0.142 e. The Balaban J connectivity index is 2.05. The van der Waals surface area contributed by atoms with Crippen LogP contribution in [0.2, 0.25) is 0 Å². The monoisotopic (exact) mass is 155 g/mol. The Bertz CT molecular complexity index is 167. The molecular weight excluding hydrogens is 142 g/mol. The first-order valence-corrected chi connectivity index (χ1v) is 4.23. The highest BCUT2D eigenvalue weighted by atomic mass is 16.5. The lowest BCUT2D eigenvalue weighted by molar-refractivity contribution is -0.138. The molecule has 2 atom stereocenters. The molecule has 0 saturated carbocycles. The van der Waals surface area contributed by atoms with Crippen LogP contribution in [0, 0.1) is 5.92 Å². The molecule has 11 heavy (non-hydrogen) atoms. The van der Waals surface area contributed by atoms with Crippen molar-refractivity contribution in [1.82, 2.24) is 5.32 Å². The van der Waals surface area contributed by atoms with E-state index in [9.17, 15) is 4.79 Å². The van der Waals surface area contributed by atoms with E-state index in [1.165, 1.54) is 0 Å². The number of hydrogen-bond acceptors (Lipinski definition) is 3. The molecule has 2 unspecified atom stereocenters. The van der Waals surface area contributed by atoms with E-state index >= 15 is 0 Å². The quantitative estimate of drug-likeness (QED) is 0.533. The number of carbonyl (C=O) groups excluding carboxylic acids is 1. The summed E-state index contributed by atoms with van der Waals surface area (Å²) in [5.41, 5.74) is 0. The van der Waals surface area contributed by atoms with Crippen LogP contribution in [0.5, 0.6) is 0 Å². The van der Waals surface area contributed by atoms with Gasteiger partial charge in [-0.15, -0.1) is 0 Å². The highest BCUT2D eigenvalue weighted by Gasteiger charge is 2.34. The van der Waals surface area contributed by atoms with Crippen molar-refractivity contribution in [2.45, 2.75) is 18.9 Å². The van der Waals surface area contributed by atoms with E-state index in [0.29, 0.717) is 18.8 Å². The zero-order valence-corrected chi connectivity index (χ0v) is 6.51. The third-order valence-electron chi connectivity index (χ3n) is 2.51. The molecule has 2 aliphatic rings. The molecular formula is C8H13NO2. The summed E-state index contributed by atoms with van der Waals surface area (Å²) < 4.78 is 5.49. The van der Waals surface area contributed by atoms with Crippen molar-refractivity contribution in [3.05, 3.63) is 0 Å². The van der Waals surface area contributed by atoms with Crippen molar-refractivity contribution >= 4 is 5.78 Å². The van der Waals surface area contributed by atoms with Crippen molar-refractivity contribution < 1.29 is 9.53 Å². The summed E-state index contributed by atoms with van der Waals surface area (Å²) in [6.07, 6.45) is 1.83. The second-order valence-electron chi connectivity index (χ2n) is 3.22. The van der Waals surface area contributed by atoms with Crippen LogP contribution >= 0.6 is 0 Å². The van der Waals surface area contributed by atoms with Crippen LogP contribution in [0.1, 0.15) is 12.8 Å². The number of Topliss-reactive ketones (excluding diaryl/α,β-unsaturated/α-hetero) is 1. The Morgan fingerprint density at radius 3 is 3.27 bits per heavy atom. The minimum Gasteiger partial charge on any atom is -0.377 e. The summed E-state index contributed by atoms with van der Waals surface area (Å²) in [6.45, 7) is 2.46. The summed E-state index contributed by atoms with van der Waals surface area (Å²) in [5.74, 6) is 0.533. The largest absolute Gasteiger partial charge is 0.377 e. The van der Waals surface area contributed by atoms with Crippen LogP contribution < -0.4 is 5.32 Å². The molecule has 0 aromatic carbocycles. The lowest BCUT2D eigenvalue weighted by Gasteiger charge is -2.34. The van der Waals surface area contributed by atoms with E-state index in [0.717, 1.165) is 19.5 Å². The van der Waals surface area contributed by atoms with Crippen LogP contribution in [0.25, 0.3) is 0 Å². The molecule has 2 heterocycles. The molecule has 0 aromatic rings. The fraction of sp³-hybridized carbons (Fsp3) is 0.875. The van der Waals surface area contributed by atoms with Gasteiger partial charge in [-0.05, 0) is 13.0 Å². The van der Waals surface area contributed by atoms with E-state index in [-0.39, 0.29) is 12.0 Å².